The smallest absolute Gasteiger partial charge is 0.295 e. The number of nitro benzene ring substituents is 1. The highest BCUT2D eigenvalue weighted by Gasteiger charge is 2.23. The first-order valence-corrected chi connectivity index (χ1v) is 6.80. The van der Waals surface area contributed by atoms with Crippen LogP contribution in [-0.4, -0.2) is 11.0 Å². The van der Waals surface area contributed by atoms with E-state index in [2.05, 4.69) is 12.2 Å². The van der Waals surface area contributed by atoms with E-state index in [0.717, 1.165) is 31.7 Å². The second kappa shape index (κ2) is 5.99. The second-order valence-corrected chi connectivity index (χ2v) is 5.20. The van der Waals surface area contributed by atoms with Crippen molar-refractivity contribution in [3.05, 3.63) is 34.1 Å². The van der Waals surface area contributed by atoms with Crippen LogP contribution in [0.5, 0.6) is 0 Å². The summed E-state index contributed by atoms with van der Waals surface area (Å²) in [5.74, 6) is 0.109. The van der Waals surface area contributed by atoms with Gasteiger partial charge in [-0.2, -0.15) is 0 Å². The van der Waals surface area contributed by atoms with Crippen LogP contribution in [0.2, 0.25) is 0 Å². The number of nitro groups is 1. The molecule has 2 atom stereocenters. The minimum Gasteiger partial charge on any atom is -0.377 e. The predicted octanol–water partition coefficient (Wildman–Crippen LogP) is 4.11. The van der Waals surface area contributed by atoms with Gasteiger partial charge in [-0.3, -0.25) is 10.1 Å². The molecule has 1 N–H and O–H groups in total. The first-order valence-electron chi connectivity index (χ1n) is 6.80. The number of benzene rings is 1. The highest BCUT2D eigenvalue weighted by atomic mass is 19.1. The molecular formula is C14H19FN2O2. The average Bonchev–Trinajstić information content (AvgIpc) is 2.41. The molecule has 0 amide bonds. The lowest BCUT2D eigenvalue weighted by Crippen LogP contribution is -2.27. The lowest BCUT2D eigenvalue weighted by Gasteiger charge is -2.29. The van der Waals surface area contributed by atoms with Crippen molar-refractivity contribution in [2.24, 2.45) is 5.92 Å². The molecule has 4 nitrogen and oxygen atoms in total. The van der Waals surface area contributed by atoms with Gasteiger partial charge in [-0.15, -0.1) is 0 Å². The Hall–Kier alpha value is -1.65. The first-order chi connectivity index (χ1) is 9.10. The summed E-state index contributed by atoms with van der Waals surface area (Å²) in [6, 6.07) is 3.95. The Labute approximate surface area is 112 Å². The number of nitrogens with zero attached hydrogens (tertiary/aromatic N) is 1. The number of nitrogens with one attached hydrogen (secondary N) is 1. The summed E-state index contributed by atoms with van der Waals surface area (Å²) in [4.78, 5) is 10.4. The molecule has 1 aromatic carbocycles. The van der Waals surface area contributed by atoms with Crippen molar-refractivity contribution in [2.75, 3.05) is 5.32 Å². The van der Waals surface area contributed by atoms with Crippen LogP contribution in [-0.2, 0) is 0 Å². The zero-order valence-corrected chi connectivity index (χ0v) is 11.1. The molecular weight excluding hydrogens is 247 g/mol. The van der Waals surface area contributed by atoms with E-state index in [1.807, 2.05) is 0 Å². The third kappa shape index (κ3) is 3.43. The van der Waals surface area contributed by atoms with Gasteiger partial charge in [0.1, 0.15) is 11.5 Å². The summed E-state index contributed by atoms with van der Waals surface area (Å²) in [6.45, 7) is 2.17. The summed E-state index contributed by atoms with van der Waals surface area (Å²) in [7, 11) is 0. The molecule has 0 radical (unpaired) electrons. The molecule has 104 valence electrons. The Kier molecular flexibility index (Phi) is 4.35. The quantitative estimate of drug-likeness (QED) is 0.659. The molecule has 2 rings (SSSR count). The monoisotopic (exact) mass is 266 g/mol. The molecule has 0 aromatic heterocycles. The SMILES string of the molecule is CCC1CCCC(Nc2ccc(F)cc2[N+](=O)[O-])C1. The zero-order valence-electron chi connectivity index (χ0n) is 11.1. The van der Waals surface area contributed by atoms with Gasteiger partial charge in [-0.1, -0.05) is 26.2 Å². The Morgan fingerprint density at radius 1 is 1.47 bits per heavy atom. The van der Waals surface area contributed by atoms with Gasteiger partial charge in [-0.05, 0) is 30.9 Å². The van der Waals surface area contributed by atoms with Gasteiger partial charge < -0.3 is 5.32 Å². The molecule has 0 saturated heterocycles. The first kappa shape index (κ1) is 13.8. The minimum absolute atomic E-state index is 0.182. The van der Waals surface area contributed by atoms with E-state index in [0.29, 0.717) is 11.6 Å². The van der Waals surface area contributed by atoms with Crippen molar-refractivity contribution in [1.29, 1.82) is 0 Å². The van der Waals surface area contributed by atoms with E-state index in [1.54, 1.807) is 0 Å². The van der Waals surface area contributed by atoms with Crippen molar-refractivity contribution >= 4 is 11.4 Å². The number of hydrogen-bond donors (Lipinski definition) is 1. The molecule has 19 heavy (non-hydrogen) atoms. The van der Waals surface area contributed by atoms with E-state index in [9.17, 15) is 14.5 Å². The number of anilines is 1. The third-order valence-corrected chi connectivity index (χ3v) is 3.88. The summed E-state index contributed by atoms with van der Waals surface area (Å²) in [5.41, 5.74) is 0.242. The van der Waals surface area contributed by atoms with E-state index in [-0.39, 0.29) is 11.7 Å². The van der Waals surface area contributed by atoms with Gasteiger partial charge in [0.2, 0.25) is 0 Å². The molecule has 0 bridgehead atoms. The van der Waals surface area contributed by atoms with E-state index < -0.39 is 10.7 Å². The Balaban J connectivity index is 2.12. The summed E-state index contributed by atoms with van der Waals surface area (Å²) < 4.78 is 13.1. The van der Waals surface area contributed by atoms with Crippen LogP contribution < -0.4 is 5.32 Å². The van der Waals surface area contributed by atoms with Crippen LogP contribution in [0.4, 0.5) is 15.8 Å². The van der Waals surface area contributed by atoms with Crippen LogP contribution >= 0.6 is 0 Å². The van der Waals surface area contributed by atoms with Crippen molar-refractivity contribution < 1.29 is 9.31 Å². The molecule has 2 unspecified atom stereocenters. The summed E-state index contributed by atoms with van der Waals surface area (Å²) >= 11 is 0. The second-order valence-electron chi connectivity index (χ2n) is 5.20. The van der Waals surface area contributed by atoms with E-state index >= 15 is 0 Å². The van der Waals surface area contributed by atoms with Crippen LogP contribution in [0, 0.1) is 21.8 Å². The third-order valence-electron chi connectivity index (χ3n) is 3.88. The highest BCUT2D eigenvalue weighted by molar-refractivity contribution is 5.61. The summed E-state index contributed by atoms with van der Waals surface area (Å²) in [6.07, 6.45) is 5.57. The molecule has 0 heterocycles. The molecule has 1 aliphatic carbocycles. The van der Waals surface area contributed by atoms with Gasteiger partial charge >= 0.3 is 0 Å². The van der Waals surface area contributed by atoms with Crippen molar-refractivity contribution in [1.82, 2.24) is 0 Å². The lowest BCUT2D eigenvalue weighted by molar-refractivity contribution is -0.384. The Morgan fingerprint density at radius 2 is 2.26 bits per heavy atom. The van der Waals surface area contributed by atoms with Gasteiger partial charge in [0.25, 0.3) is 5.69 Å². The molecule has 1 fully saturated rings. The lowest BCUT2D eigenvalue weighted by atomic mass is 9.84. The molecule has 1 aromatic rings. The van der Waals surface area contributed by atoms with Gasteiger partial charge in [-0.25, -0.2) is 4.39 Å². The average molecular weight is 266 g/mol. The standard InChI is InChI=1S/C14H19FN2O2/c1-2-10-4-3-5-12(8-10)16-13-7-6-11(15)9-14(13)17(18)19/h6-7,9-10,12,16H,2-5,8H2,1H3. The maximum absolute atomic E-state index is 13.1. The van der Waals surface area contributed by atoms with Gasteiger partial charge in [0.15, 0.2) is 0 Å². The normalized spacial score (nSPS) is 23.1. The molecule has 1 saturated carbocycles. The molecule has 1 aliphatic rings. The van der Waals surface area contributed by atoms with Crippen LogP contribution in [0.25, 0.3) is 0 Å². The topological polar surface area (TPSA) is 55.2 Å². The molecule has 0 aliphatic heterocycles. The summed E-state index contributed by atoms with van der Waals surface area (Å²) in [5, 5.41) is 14.1. The highest BCUT2D eigenvalue weighted by Crippen LogP contribution is 2.31. The number of hydrogen-bond acceptors (Lipinski definition) is 3. The maximum atomic E-state index is 13.1. The van der Waals surface area contributed by atoms with Gasteiger partial charge in [0.05, 0.1) is 11.0 Å². The number of rotatable bonds is 4. The number of halogens is 1. The van der Waals surface area contributed by atoms with Crippen LogP contribution in [0.15, 0.2) is 18.2 Å². The predicted molar refractivity (Wildman–Crippen MR) is 72.7 cm³/mol. The Morgan fingerprint density at radius 3 is 2.95 bits per heavy atom. The fourth-order valence-corrected chi connectivity index (χ4v) is 2.79. The molecule has 0 spiro atoms. The van der Waals surface area contributed by atoms with E-state index in [4.69, 9.17) is 0 Å². The van der Waals surface area contributed by atoms with Crippen molar-refractivity contribution in [3.8, 4) is 0 Å². The largest absolute Gasteiger partial charge is 0.377 e. The zero-order chi connectivity index (χ0) is 13.8. The van der Waals surface area contributed by atoms with Gasteiger partial charge in [0, 0.05) is 6.04 Å². The van der Waals surface area contributed by atoms with Crippen molar-refractivity contribution in [3.63, 3.8) is 0 Å². The minimum atomic E-state index is -0.577. The fourth-order valence-electron chi connectivity index (χ4n) is 2.79. The van der Waals surface area contributed by atoms with Crippen LogP contribution in [0.1, 0.15) is 39.0 Å². The van der Waals surface area contributed by atoms with E-state index in [1.165, 1.54) is 18.6 Å². The molecule has 5 heteroatoms. The Bertz CT molecular complexity index is 465. The maximum Gasteiger partial charge on any atom is 0.295 e. The van der Waals surface area contributed by atoms with Crippen LogP contribution in [0.3, 0.4) is 0 Å². The fraction of sp³-hybridized carbons (Fsp3) is 0.571. The van der Waals surface area contributed by atoms with Crippen molar-refractivity contribution in [2.45, 2.75) is 45.1 Å².